The van der Waals surface area contributed by atoms with Gasteiger partial charge in [-0.05, 0) is 35.7 Å². The predicted molar refractivity (Wildman–Crippen MR) is 88.4 cm³/mol. The lowest BCUT2D eigenvalue weighted by Crippen LogP contribution is -2.27. The van der Waals surface area contributed by atoms with Gasteiger partial charge in [-0.15, -0.1) is 0 Å². The van der Waals surface area contributed by atoms with Gasteiger partial charge in [0, 0.05) is 25.2 Å². The lowest BCUT2D eigenvalue weighted by atomic mass is 10.1. The molecule has 0 unspecified atom stereocenters. The van der Waals surface area contributed by atoms with E-state index in [-0.39, 0.29) is 12.5 Å². The lowest BCUT2D eigenvalue weighted by Gasteiger charge is -2.25. The van der Waals surface area contributed by atoms with Gasteiger partial charge in [0.15, 0.2) is 0 Å². The molecule has 2 rings (SSSR count). The second kappa shape index (κ2) is 7.61. The summed E-state index contributed by atoms with van der Waals surface area (Å²) in [5.41, 5.74) is 9.56. The van der Waals surface area contributed by atoms with Crippen molar-refractivity contribution in [2.45, 2.75) is 26.5 Å². The zero-order valence-electron chi connectivity index (χ0n) is 12.8. The normalized spacial score (nSPS) is 10.5. The molecular formula is C18H22N2O2. The molecule has 0 saturated heterocycles. The Bertz CT molecular complexity index is 623. The molecule has 0 heterocycles. The Balaban J connectivity index is 2.17. The second-order valence-corrected chi connectivity index (χ2v) is 5.45. The van der Waals surface area contributed by atoms with E-state index in [9.17, 15) is 4.79 Å². The number of hydrogen-bond acceptors (Lipinski definition) is 3. The van der Waals surface area contributed by atoms with Crippen molar-refractivity contribution >= 4 is 11.6 Å². The molecule has 3 N–H and O–H groups in total. The number of rotatable bonds is 7. The summed E-state index contributed by atoms with van der Waals surface area (Å²) in [6.07, 6.45) is 0.322. The van der Waals surface area contributed by atoms with Crippen molar-refractivity contribution < 1.29 is 9.90 Å². The van der Waals surface area contributed by atoms with E-state index in [4.69, 9.17) is 10.8 Å². The molecule has 22 heavy (non-hydrogen) atoms. The highest BCUT2D eigenvalue weighted by Crippen LogP contribution is 2.19. The largest absolute Gasteiger partial charge is 0.392 e. The van der Waals surface area contributed by atoms with Crippen molar-refractivity contribution in [3.63, 3.8) is 0 Å². The van der Waals surface area contributed by atoms with Crippen LogP contribution in [0.1, 0.15) is 23.1 Å². The Morgan fingerprint density at radius 3 is 2.41 bits per heavy atom. The fourth-order valence-electron chi connectivity index (χ4n) is 2.34. The smallest absolute Gasteiger partial charge is 0.219 e. The van der Waals surface area contributed by atoms with Crippen LogP contribution in [0.5, 0.6) is 0 Å². The van der Waals surface area contributed by atoms with Gasteiger partial charge in [-0.25, -0.2) is 0 Å². The summed E-state index contributed by atoms with van der Waals surface area (Å²) in [4.78, 5) is 13.3. The van der Waals surface area contributed by atoms with Crippen LogP contribution in [0.15, 0.2) is 48.5 Å². The number of anilines is 1. The molecule has 0 radical (unpaired) electrons. The molecule has 2 aromatic rings. The molecule has 0 atom stereocenters. The first-order valence-electron chi connectivity index (χ1n) is 7.37. The Hall–Kier alpha value is -2.33. The third-order valence-corrected chi connectivity index (χ3v) is 3.57. The number of aryl methyl sites for hydroxylation is 1. The molecule has 4 nitrogen and oxygen atoms in total. The average molecular weight is 298 g/mol. The Morgan fingerprint density at radius 1 is 1.14 bits per heavy atom. The third kappa shape index (κ3) is 4.60. The maximum atomic E-state index is 11.1. The van der Waals surface area contributed by atoms with Gasteiger partial charge >= 0.3 is 0 Å². The number of primary amides is 1. The van der Waals surface area contributed by atoms with Crippen LogP contribution in [-0.2, 0) is 17.9 Å². The van der Waals surface area contributed by atoms with Crippen LogP contribution >= 0.6 is 0 Å². The van der Waals surface area contributed by atoms with E-state index in [0.717, 1.165) is 16.8 Å². The van der Waals surface area contributed by atoms with E-state index in [0.29, 0.717) is 19.5 Å². The van der Waals surface area contributed by atoms with Crippen molar-refractivity contribution in [1.82, 2.24) is 0 Å². The topological polar surface area (TPSA) is 66.6 Å². The van der Waals surface area contributed by atoms with E-state index in [1.807, 2.05) is 49.4 Å². The van der Waals surface area contributed by atoms with E-state index in [1.54, 1.807) is 0 Å². The van der Waals surface area contributed by atoms with Gasteiger partial charge in [0.2, 0.25) is 5.91 Å². The molecule has 0 fully saturated rings. The molecule has 0 spiro atoms. The quantitative estimate of drug-likeness (QED) is 0.824. The molecular weight excluding hydrogens is 276 g/mol. The molecule has 0 aliphatic rings. The van der Waals surface area contributed by atoms with Gasteiger partial charge in [0.1, 0.15) is 0 Å². The molecule has 4 heteroatoms. The van der Waals surface area contributed by atoms with E-state index < -0.39 is 0 Å². The first kappa shape index (κ1) is 16.0. The molecule has 2 aromatic carbocycles. The molecule has 0 saturated carbocycles. The molecule has 0 aromatic heterocycles. The fraction of sp³-hybridized carbons (Fsp3) is 0.278. The van der Waals surface area contributed by atoms with Crippen LogP contribution in [-0.4, -0.2) is 17.6 Å². The highest BCUT2D eigenvalue weighted by Gasteiger charge is 2.09. The molecule has 0 aliphatic heterocycles. The van der Waals surface area contributed by atoms with Crippen LogP contribution in [0, 0.1) is 6.92 Å². The number of aliphatic hydroxyl groups is 1. The molecule has 116 valence electrons. The van der Waals surface area contributed by atoms with Crippen molar-refractivity contribution in [3.8, 4) is 0 Å². The van der Waals surface area contributed by atoms with Crippen molar-refractivity contribution in [2.75, 3.05) is 11.4 Å². The Labute approximate surface area is 131 Å². The van der Waals surface area contributed by atoms with Crippen LogP contribution in [0.25, 0.3) is 0 Å². The number of carbonyl (C=O) groups excluding carboxylic acids is 1. The number of nitrogens with two attached hydrogens (primary N) is 1. The van der Waals surface area contributed by atoms with Crippen molar-refractivity contribution in [3.05, 3.63) is 65.2 Å². The highest BCUT2D eigenvalue weighted by molar-refractivity contribution is 5.74. The lowest BCUT2D eigenvalue weighted by molar-refractivity contribution is -0.117. The first-order valence-corrected chi connectivity index (χ1v) is 7.37. The molecule has 1 amide bonds. The third-order valence-electron chi connectivity index (χ3n) is 3.57. The number of nitrogens with zero attached hydrogens (tertiary/aromatic N) is 1. The van der Waals surface area contributed by atoms with E-state index in [1.165, 1.54) is 5.56 Å². The zero-order chi connectivity index (χ0) is 15.9. The predicted octanol–water partition coefficient (Wildman–Crippen LogP) is 2.37. The van der Waals surface area contributed by atoms with Gasteiger partial charge in [-0.2, -0.15) is 0 Å². The second-order valence-electron chi connectivity index (χ2n) is 5.45. The standard InChI is InChI=1S/C18H22N2O2/c1-14-3-2-4-17(11-14)20(10-9-18(19)22)12-15-5-7-16(13-21)8-6-15/h2-8,11,21H,9-10,12-13H2,1H3,(H2,19,22). The Kier molecular flexibility index (Phi) is 5.55. The maximum Gasteiger partial charge on any atom is 0.219 e. The number of carbonyl (C=O) groups is 1. The van der Waals surface area contributed by atoms with E-state index in [2.05, 4.69) is 11.0 Å². The average Bonchev–Trinajstić information content (AvgIpc) is 2.52. The summed E-state index contributed by atoms with van der Waals surface area (Å²) in [6.45, 7) is 3.37. The molecule has 0 bridgehead atoms. The van der Waals surface area contributed by atoms with Crippen molar-refractivity contribution in [2.24, 2.45) is 5.73 Å². The van der Waals surface area contributed by atoms with Gasteiger partial charge in [-0.1, -0.05) is 36.4 Å². The maximum absolute atomic E-state index is 11.1. The monoisotopic (exact) mass is 298 g/mol. The Morgan fingerprint density at radius 2 is 1.82 bits per heavy atom. The first-order chi connectivity index (χ1) is 10.6. The van der Waals surface area contributed by atoms with Gasteiger partial charge in [0.05, 0.1) is 6.61 Å². The fourth-order valence-corrected chi connectivity index (χ4v) is 2.34. The SMILES string of the molecule is Cc1cccc(N(CCC(N)=O)Cc2ccc(CO)cc2)c1. The number of amides is 1. The van der Waals surface area contributed by atoms with Crippen LogP contribution < -0.4 is 10.6 Å². The van der Waals surface area contributed by atoms with Crippen LogP contribution in [0.4, 0.5) is 5.69 Å². The van der Waals surface area contributed by atoms with Gasteiger partial charge in [-0.3, -0.25) is 4.79 Å². The minimum absolute atomic E-state index is 0.0452. The minimum Gasteiger partial charge on any atom is -0.392 e. The number of aliphatic hydroxyl groups excluding tert-OH is 1. The summed E-state index contributed by atoms with van der Waals surface area (Å²) >= 11 is 0. The van der Waals surface area contributed by atoms with Gasteiger partial charge in [0.25, 0.3) is 0 Å². The summed E-state index contributed by atoms with van der Waals surface area (Å²) in [5.74, 6) is -0.298. The number of benzene rings is 2. The highest BCUT2D eigenvalue weighted by atomic mass is 16.3. The van der Waals surface area contributed by atoms with Crippen LogP contribution in [0.2, 0.25) is 0 Å². The van der Waals surface area contributed by atoms with E-state index >= 15 is 0 Å². The summed E-state index contributed by atoms with van der Waals surface area (Å²) in [5, 5.41) is 9.10. The minimum atomic E-state index is -0.298. The number of hydrogen-bond donors (Lipinski definition) is 2. The summed E-state index contributed by atoms with van der Waals surface area (Å²) in [6, 6.07) is 16.0. The van der Waals surface area contributed by atoms with Crippen molar-refractivity contribution in [1.29, 1.82) is 0 Å². The van der Waals surface area contributed by atoms with Crippen LogP contribution in [0.3, 0.4) is 0 Å². The summed E-state index contributed by atoms with van der Waals surface area (Å²) in [7, 11) is 0. The summed E-state index contributed by atoms with van der Waals surface area (Å²) < 4.78 is 0. The zero-order valence-corrected chi connectivity index (χ0v) is 12.8. The van der Waals surface area contributed by atoms with Gasteiger partial charge < -0.3 is 15.7 Å². The molecule has 0 aliphatic carbocycles.